The van der Waals surface area contributed by atoms with Gasteiger partial charge in [0, 0.05) is 5.69 Å². The van der Waals surface area contributed by atoms with Crippen LogP contribution in [0.4, 0.5) is 5.69 Å². The quantitative estimate of drug-likeness (QED) is 0.692. The van der Waals surface area contributed by atoms with Crippen LogP contribution < -0.4 is 11.1 Å². The molecule has 14 heavy (non-hydrogen) atoms. The molecule has 1 amide bonds. The zero-order valence-corrected chi connectivity index (χ0v) is 7.94. The Bertz CT molecular complexity index is 308. The SMILES string of the molecule is C=CC[C@@H](Nc1ccccc1)C(N)=O. The summed E-state index contributed by atoms with van der Waals surface area (Å²) >= 11 is 0. The number of anilines is 1. The van der Waals surface area contributed by atoms with Gasteiger partial charge in [0.1, 0.15) is 6.04 Å². The second-order valence-electron chi connectivity index (χ2n) is 2.99. The predicted octanol–water partition coefficient (Wildman–Crippen LogP) is 1.53. The summed E-state index contributed by atoms with van der Waals surface area (Å²) in [4.78, 5) is 11.0. The molecule has 0 aromatic heterocycles. The lowest BCUT2D eigenvalue weighted by Gasteiger charge is -2.14. The normalized spacial score (nSPS) is 11.7. The van der Waals surface area contributed by atoms with Gasteiger partial charge >= 0.3 is 0 Å². The fourth-order valence-corrected chi connectivity index (χ4v) is 1.15. The summed E-state index contributed by atoms with van der Waals surface area (Å²) in [7, 11) is 0. The molecule has 0 aliphatic rings. The first-order valence-electron chi connectivity index (χ1n) is 4.46. The minimum Gasteiger partial charge on any atom is -0.373 e. The molecule has 0 unspecified atom stereocenters. The summed E-state index contributed by atoms with van der Waals surface area (Å²) in [5, 5.41) is 3.03. The minimum absolute atomic E-state index is 0.367. The van der Waals surface area contributed by atoms with E-state index in [2.05, 4.69) is 11.9 Å². The Labute approximate surface area is 83.6 Å². The standard InChI is InChI=1S/C11H14N2O/c1-2-6-10(11(12)14)13-9-7-4-3-5-8-9/h2-5,7-8,10,13H,1,6H2,(H2,12,14)/t10-/m1/s1. The third-order valence-electron chi connectivity index (χ3n) is 1.86. The number of carbonyl (C=O) groups excluding carboxylic acids is 1. The van der Waals surface area contributed by atoms with Crippen molar-refractivity contribution in [3.05, 3.63) is 43.0 Å². The van der Waals surface area contributed by atoms with Gasteiger partial charge in [0.2, 0.25) is 5.91 Å². The number of primary amides is 1. The van der Waals surface area contributed by atoms with E-state index in [9.17, 15) is 4.79 Å². The van der Waals surface area contributed by atoms with Gasteiger partial charge in [-0.2, -0.15) is 0 Å². The number of hydrogen-bond donors (Lipinski definition) is 2. The number of hydrogen-bond acceptors (Lipinski definition) is 2. The molecule has 74 valence electrons. The average molecular weight is 190 g/mol. The van der Waals surface area contributed by atoms with Crippen LogP contribution in [-0.2, 0) is 4.79 Å². The summed E-state index contributed by atoms with van der Waals surface area (Å²) in [5.74, 6) is -0.367. The van der Waals surface area contributed by atoms with Crippen molar-refractivity contribution in [3.63, 3.8) is 0 Å². The second kappa shape index (κ2) is 5.07. The highest BCUT2D eigenvalue weighted by molar-refractivity contribution is 5.83. The van der Waals surface area contributed by atoms with Gasteiger partial charge in [-0.3, -0.25) is 4.79 Å². The maximum absolute atomic E-state index is 11.0. The lowest BCUT2D eigenvalue weighted by atomic mass is 10.2. The van der Waals surface area contributed by atoms with E-state index < -0.39 is 0 Å². The lowest BCUT2D eigenvalue weighted by Crippen LogP contribution is -2.34. The zero-order chi connectivity index (χ0) is 10.4. The number of amides is 1. The van der Waals surface area contributed by atoms with Gasteiger partial charge in [-0.1, -0.05) is 24.3 Å². The lowest BCUT2D eigenvalue weighted by molar-refractivity contribution is -0.118. The molecule has 0 heterocycles. The molecule has 0 fully saturated rings. The Hall–Kier alpha value is -1.77. The molecule has 1 aromatic rings. The number of rotatable bonds is 5. The van der Waals surface area contributed by atoms with E-state index in [0.29, 0.717) is 6.42 Å². The smallest absolute Gasteiger partial charge is 0.240 e. The van der Waals surface area contributed by atoms with Crippen LogP contribution in [0.15, 0.2) is 43.0 Å². The summed E-state index contributed by atoms with van der Waals surface area (Å²) in [6, 6.07) is 9.11. The first kappa shape index (κ1) is 10.3. The number of carbonyl (C=O) groups is 1. The van der Waals surface area contributed by atoms with Gasteiger partial charge in [-0.25, -0.2) is 0 Å². The molecule has 0 aliphatic carbocycles. The van der Waals surface area contributed by atoms with Crippen molar-refractivity contribution in [2.45, 2.75) is 12.5 Å². The van der Waals surface area contributed by atoms with Gasteiger partial charge in [0.25, 0.3) is 0 Å². The predicted molar refractivity (Wildman–Crippen MR) is 57.9 cm³/mol. The number of nitrogens with two attached hydrogens (primary N) is 1. The highest BCUT2D eigenvalue weighted by Gasteiger charge is 2.12. The molecule has 3 nitrogen and oxygen atoms in total. The summed E-state index contributed by atoms with van der Waals surface area (Å²) in [6.07, 6.45) is 2.20. The van der Waals surface area contributed by atoms with Crippen LogP contribution in [0.1, 0.15) is 6.42 Å². The van der Waals surface area contributed by atoms with Gasteiger partial charge in [-0.15, -0.1) is 6.58 Å². The number of para-hydroxylation sites is 1. The van der Waals surface area contributed by atoms with Crippen molar-refractivity contribution in [1.29, 1.82) is 0 Å². The van der Waals surface area contributed by atoms with Crippen LogP contribution >= 0.6 is 0 Å². The first-order chi connectivity index (χ1) is 6.74. The Morgan fingerprint density at radius 2 is 2.14 bits per heavy atom. The number of benzene rings is 1. The summed E-state index contributed by atoms with van der Waals surface area (Å²) < 4.78 is 0. The zero-order valence-electron chi connectivity index (χ0n) is 7.94. The summed E-state index contributed by atoms with van der Waals surface area (Å²) in [5.41, 5.74) is 6.11. The van der Waals surface area contributed by atoms with E-state index in [1.807, 2.05) is 30.3 Å². The molecule has 1 rings (SSSR count). The first-order valence-corrected chi connectivity index (χ1v) is 4.46. The molecule has 3 N–H and O–H groups in total. The van der Waals surface area contributed by atoms with E-state index in [4.69, 9.17) is 5.73 Å². The Balaban J connectivity index is 2.64. The van der Waals surface area contributed by atoms with Gasteiger partial charge < -0.3 is 11.1 Å². The van der Waals surface area contributed by atoms with Gasteiger partial charge in [0.05, 0.1) is 0 Å². The van der Waals surface area contributed by atoms with Crippen molar-refractivity contribution in [3.8, 4) is 0 Å². The highest BCUT2D eigenvalue weighted by Crippen LogP contribution is 2.08. The van der Waals surface area contributed by atoms with Crippen molar-refractivity contribution in [1.82, 2.24) is 0 Å². The molecule has 1 atom stereocenters. The Morgan fingerprint density at radius 1 is 1.50 bits per heavy atom. The molecule has 0 saturated heterocycles. The molecule has 0 saturated carbocycles. The average Bonchev–Trinajstić information content (AvgIpc) is 2.18. The van der Waals surface area contributed by atoms with E-state index in [1.54, 1.807) is 6.08 Å². The van der Waals surface area contributed by atoms with E-state index in [0.717, 1.165) is 5.69 Å². The fraction of sp³-hybridized carbons (Fsp3) is 0.182. The van der Waals surface area contributed by atoms with Crippen LogP contribution in [0.2, 0.25) is 0 Å². The topological polar surface area (TPSA) is 55.1 Å². The molecule has 0 bridgehead atoms. The molecule has 1 aromatic carbocycles. The van der Waals surface area contributed by atoms with Gasteiger partial charge in [-0.05, 0) is 18.6 Å². The van der Waals surface area contributed by atoms with Gasteiger partial charge in [0.15, 0.2) is 0 Å². The summed E-state index contributed by atoms with van der Waals surface area (Å²) in [6.45, 7) is 3.58. The molecular formula is C11H14N2O. The van der Waals surface area contributed by atoms with Crippen molar-refractivity contribution in [2.24, 2.45) is 5.73 Å². The maximum Gasteiger partial charge on any atom is 0.240 e. The van der Waals surface area contributed by atoms with Crippen LogP contribution in [0.25, 0.3) is 0 Å². The van der Waals surface area contributed by atoms with Crippen LogP contribution in [-0.4, -0.2) is 11.9 Å². The van der Waals surface area contributed by atoms with E-state index in [-0.39, 0.29) is 11.9 Å². The minimum atomic E-state index is -0.380. The third kappa shape index (κ3) is 2.94. The van der Waals surface area contributed by atoms with Crippen LogP contribution in [0, 0.1) is 0 Å². The molecule has 0 aliphatic heterocycles. The van der Waals surface area contributed by atoms with E-state index in [1.165, 1.54) is 0 Å². The second-order valence-corrected chi connectivity index (χ2v) is 2.99. The van der Waals surface area contributed by atoms with E-state index >= 15 is 0 Å². The highest BCUT2D eigenvalue weighted by atomic mass is 16.1. The number of nitrogens with one attached hydrogen (secondary N) is 1. The van der Waals surface area contributed by atoms with Crippen molar-refractivity contribution >= 4 is 11.6 Å². The van der Waals surface area contributed by atoms with Crippen molar-refractivity contribution in [2.75, 3.05) is 5.32 Å². The molecule has 3 heteroatoms. The fourth-order valence-electron chi connectivity index (χ4n) is 1.15. The van der Waals surface area contributed by atoms with Crippen LogP contribution in [0.5, 0.6) is 0 Å². The molecular weight excluding hydrogens is 176 g/mol. The molecule has 0 spiro atoms. The third-order valence-corrected chi connectivity index (χ3v) is 1.86. The molecule has 0 radical (unpaired) electrons. The van der Waals surface area contributed by atoms with Crippen LogP contribution in [0.3, 0.4) is 0 Å². The largest absolute Gasteiger partial charge is 0.373 e. The monoisotopic (exact) mass is 190 g/mol. The van der Waals surface area contributed by atoms with Crippen molar-refractivity contribution < 1.29 is 4.79 Å². The Morgan fingerprint density at radius 3 is 2.64 bits per heavy atom. The Kier molecular flexibility index (Phi) is 3.73. The maximum atomic E-state index is 11.0.